The van der Waals surface area contributed by atoms with Crippen LogP contribution in [0.15, 0.2) is 30.3 Å². The third kappa shape index (κ3) is 5.27. The molecule has 8 heteroatoms. The van der Waals surface area contributed by atoms with Gasteiger partial charge in [0.25, 0.3) is 0 Å². The van der Waals surface area contributed by atoms with Gasteiger partial charge in [-0.2, -0.15) is 0 Å². The lowest BCUT2D eigenvalue weighted by Gasteiger charge is -2.37. The Morgan fingerprint density at radius 2 is 1.62 bits per heavy atom. The Morgan fingerprint density at radius 1 is 1.03 bits per heavy atom. The number of nitro groups is 1. The van der Waals surface area contributed by atoms with Gasteiger partial charge in [-0.25, -0.2) is 4.79 Å². The van der Waals surface area contributed by atoms with E-state index in [-0.39, 0.29) is 16.7 Å². The third-order valence-electron chi connectivity index (χ3n) is 7.20. The number of methoxy groups -OCH3 is 1. The molecule has 1 aliphatic carbocycles. The Labute approximate surface area is 202 Å². The van der Waals surface area contributed by atoms with Crippen LogP contribution in [0.25, 0.3) is 0 Å². The Bertz CT molecular complexity index is 888. The molecule has 1 saturated carbocycles. The van der Waals surface area contributed by atoms with Crippen molar-refractivity contribution in [3.63, 3.8) is 0 Å². The van der Waals surface area contributed by atoms with Gasteiger partial charge in [-0.15, -0.1) is 0 Å². The van der Waals surface area contributed by atoms with Crippen molar-refractivity contribution < 1.29 is 24.0 Å². The second kappa shape index (κ2) is 10.0. The molecule has 1 aromatic carbocycles. The maximum Gasteiger partial charge on any atom is 0.330 e. The molecule has 3 rings (SSSR count). The van der Waals surface area contributed by atoms with Crippen molar-refractivity contribution in [3.05, 3.63) is 46.0 Å². The van der Waals surface area contributed by atoms with Crippen LogP contribution in [0, 0.1) is 22.0 Å². The quantitative estimate of drug-likeness (QED) is 0.341. The van der Waals surface area contributed by atoms with Crippen molar-refractivity contribution >= 4 is 11.9 Å². The molecular weight excluding hydrogens is 436 g/mol. The van der Waals surface area contributed by atoms with Gasteiger partial charge in [0.15, 0.2) is 0 Å². The molecule has 1 aliphatic heterocycles. The number of rotatable bonds is 6. The fourth-order valence-electron chi connectivity index (χ4n) is 5.53. The van der Waals surface area contributed by atoms with E-state index in [1.807, 2.05) is 6.07 Å². The minimum absolute atomic E-state index is 0.203. The SMILES string of the molecule is COC(C)(C)C1C(C(=O)OC(C)(C)C)N(C(=O)C2CCCCC2)C(c2ccccc2)C1[N+](=O)[O-]. The summed E-state index contributed by atoms with van der Waals surface area (Å²) in [6.07, 6.45) is 4.38. The summed E-state index contributed by atoms with van der Waals surface area (Å²) in [4.78, 5) is 41.5. The van der Waals surface area contributed by atoms with E-state index in [0.29, 0.717) is 5.56 Å². The zero-order valence-corrected chi connectivity index (χ0v) is 21.2. The molecule has 0 bridgehead atoms. The standard InChI is InChI=1S/C26H38N2O6/c1-25(2,3)34-24(30)22-19(26(4,5)33-6)21(28(31)32)20(17-13-9-7-10-14-17)27(22)23(29)18-15-11-8-12-16-18/h7,9-10,13-14,18-22H,8,11-12,15-16H2,1-6H3. The Hall–Kier alpha value is -2.48. The van der Waals surface area contributed by atoms with E-state index >= 15 is 0 Å². The van der Waals surface area contributed by atoms with Crippen LogP contribution in [0.2, 0.25) is 0 Å². The van der Waals surface area contributed by atoms with Crippen LogP contribution in [-0.4, -0.2) is 52.1 Å². The number of benzene rings is 1. The predicted octanol–water partition coefficient (Wildman–Crippen LogP) is 4.55. The summed E-state index contributed by atoms with van der Waals surface area (Å²) < 4.78 is 11.5. The van der Waals surface area contributed by atoms with Crippen LogP contribution < -0.4 is 0 Å². The minimum atomic E-state index is -1.23. The maximum atomic E-state index is 14.0. The summed E-state index contributed by atoms with van der Waals surface area (Å²) in [7, 11) is 1.48. The zero-order valence-electron chi connectivity index (χ0n) is 21.2. The highest BCUT2D eigenvalue weighted by Crippen LogP contribution is 2.49. The first-order valence-corrected chi connectivity index (χ1v) is 12.2. The van der Waals surface area contributed by atoms with Crippen molar-refractivity contribution in [2.75, 3.05) is 7.11 Å². The fourth-order valence-corrected chi connectivity index (χ4v) is 5.53. The summed E-state index contributed by atoms with van der Waals surface area (Å²) >= 11 is 0. The third-order valence-corrected chi connectivity index (χ3v) is 7.20. The molecule has 1 amide bonds. The molecule has 0 radical (unpaired) electrons. The van der Waals surface area contributed by atoms with Crippen molar-refractivity contribution in [1.82, 2.24) is 4.90 Å². The molecule has 0 aromatic heterocycles. The van der Waals surface area contributed by atoms with E-state index in [4.69, 9.17) is 9.47 Å². The minimum Gasteiger partial charge on any atom is -0.458 e. The molecule has 8 nitrogen and oxygen atoms in total. The molecular formula is C26H38N2O6. The van der Waals surface area contributed by atoms with Crippen LogP contribution in [0.4, 0.5) is 0 Å². The fraction of sp³-hybridized carbons (Fsp3) is 0.692. The number of carbonyl (C=O) groups excluding carboxylic acids is 2. The maximum absolute atomic E-state index is 14.0. The summed E-state index contributed by atoms with van der Waals surface area (Å²) in [5.41, 5.74) is -1.24. The van der Waals surface area contributed by atoms with Crippen molar-refractivity contribution in [1.29, 1.82) is 0 Å². The van der Waals surface area contributed by atoms with Gasteiger partial charge in [0.1, 0.15) is 17.7 Å². The van der Waals surface area contributed by atoms with Crippen LogP contribution in [-0.2, 0) is 19.1 Å². The number of likely N-dealkylation sites (tertiary alicyclic amines) is 1. The van der Waals surface area contributed by atoms with Crippen LogP contribution in [0.3, 0.4) is 0 Å². The molecule has 1 heterocycles. The van der Waals surface area contributed by atoms with Crippen molar-refractivity contribution in [2.24, 2.45) is 11.8 Å². The number of amides is 1. The second-order valence-electron chi connectivity index (χ2n) is 11.0. The number of ether oxygens (including phenoxy) is 2. The molecule has 0 N–H and O–H groups in total. The van der Waals surface area contributed by atoms with Gasteiger partial charge in [-0.1, -0.05) is 49.6 Å². The predicted molar refractivity (Wildman–Crippen MR) is 128 cm³/mol. The molecule has 1 saturated heterocycles. The molecule has 1 aromatic rings. The van der Waals surface area contributed by atoms with Gasteiger partial charge < -0.3 is 14.4 Å². The molecule has 2 fully saturated rings. The van der Waals surface area contributed by atoms with Gasteiger partial charge >= 0.3 is 5.97 Å². The lowest BCUT2D eigenvalue weighted by Crippen LogP contribution is -2.54. The lowest BCUT2D eigenvalue weighted by molar-refractivity contribution is -0.537. The number of hydrogen-bond donors (Lipinski definition) is 0. The zero-order chi connectivity index (χ0) is 25.3. The topological polar surface area (TPSA) is 99.0 Å². The number of carbonyl (C=O) groups is 2. The Kier molecular flexibility index (Phi) is 7.70. The Balaban J connectivity index is 2.22. The van der Waals surface area contributed by atoms with Gasteiger partial charge in [0.2, 0.25) is 11.9 Å². The van der Waals surface area contributed by atoms with E-state index in [1.54, 1.807) is 58.9 Å². The normalized spacial score (nSPS) is 26.4. The highest BCUT2D eigenvalue weighted by molar-refractivity contribution is 5.88. The number of hydrogen-bond acceptors (Lipinski definition) is 6. The van der Waals surface area contributed by atoms with E-state index in [0.717, 1.165) is 32.1 Å². The van der Waals surface area contributed by atoms with Crippen LogP contribution in [0.5, 0.6) is 0 Å². The first-order chi connectivity index (χ1) is 15.9. The summed E-state index contributed by atoms with van der Waals surface area (Å²) in [5, 5.41) is 12.6. The van der Waals surface area contributed by atoms with E-state index in [2.05, 4.69) is 0 Å². The smallest absolute Gasteiger partial charge is 0.330 e. The van der Waals surface area contributed by atoms with E-state index in [9.17, 15) is 19.7 Å². The molecule has 188 valence electrons. The molecule has 34 heavy (non-hydrogen) atoms. The molecule has 2 aliphatic rings. The second-order valence-corrected chi connectivity index (χ2v) is 11.0. The summed E-state index contributed by atoms with van der Waals surface area (Å²) in [6.45, 7) is 8.74. The van der Waals surface area contributed by atoms with Gasteiger partial charge in [-0.05, 0) is 53.0 Å². The van der Waals surface area contributed by atoms with Gasteiger partial charge in [-0.3, -0.25) is 14.9 Å². The highest BCUT2D eigenvalue weighted by Gasteiger charge is 2.66. The van der Waals surface area contributed by atoms with Crippen molar-refractivity contribution in [2.45, 2.75) is 96.1 Å². The average molecular weight is 475 g/mol. The average Bonchev–Trinajstić information content (AvgIpc) is 3.16. The monoisotopic (exact) mass is 474 g/mol. The first kappa shape index (κ1) is 26.1. The van der Waals surface area contributed by atoms with E-state index in [1.165, 1.54) is 12.0 Å². The Morgan fingerprint density at radius 3 is 2.12 bits per heavy atom. The summed E-state index contributed by atoms with van der Waals surface area (Å²) in [6, 6.07) is 5.73. The van der Waals surface area contributed by atoms with Gasteiger partial charge in [0, 0.05) is 18.0 Å². The summed E-state index contributed by atoms with van der Waals surface area (Å²) in [5.74, 6) is -2.00. The first-order valence-electron chi connectivity index (χ1n) is 12.2. The molecule has 0 spiro atoms. The van der Waals surface area contributed by atoms with Crippen LogP contribution >= 0.6 is 0 Å². The van der Waals surface area contributed by atoms with E-state index < -0.39 is 41.2 Å². The molecule has 4 unspecified atom stereocenters. The number of nitrogens with zero attached hydrogens (tertiary/aromatic N) is 2. The van der Waals surface area contributed by atoms with Crippen molar-refractivity contribution in [3.8, 4) is 0 Å². The lowest BCUT2D eigenvalue weighted by atomic mass is 9.79. The van der Waals surface area contributed by atoms with Gasteiger partial charge in [0.05, 0.1) is 11.5 Å². The highest BCUT2D eigenvalue weighted by atomic mass is 16.6. The molecule has 4 atom stereocenters. The van der Waals surface area contributed by atoms with Crippen LogP contribution in [0.1, 0.15) is 78.3 Å². The largest absolute Gasteiger partial charge is 0.458 e. The number of esters is 1.